The molecule has 0 aliphatic heterocycles. The number of benzene rings is 4. The summed E-state index contributed by atoms with van der Waals surface area (Å²) in [6, 6.07) is 30.7. The molecular formula is C33H31N3O2. The molecule has 1 aliphatic rings. The minimum atomic E-state index is -0.236. The summed E-state index contributed by atoms with van der Waals surface area (Å²) in [4.78, 5) is 12.9. The van der Waals surface area contributed by atoms with Crippen LogP contribution in [0.25, 0.3) is 21.7 Å². The van der Waals surface area contributed by atoms with Gasteiger partial charge in [0.15, 0.2) is 5.69 Å². The van der Waals surface area contributed by atoms with Gasteiger partial charge >= 0.3 is 0 Å². The van der Waals surface area contributed by atoms with E-state index in [4.69, 9.17) is 0 Å². The summed E-state index contributed by atoms with van der Waals surface area (Å²) in [6.07, 6.45) is 0.779. The van der Waals surface area contributed by atoms with E-state index in [2.05, 4.69) is 79.5 Å². The monoisotopic (exact) mass is 501 g/mol. The summed E-state index contributed by atoms with van der Waals surface area (Å²) in [5, 5.41) is 22.7. The summed E-state index contributed by atoms with van der Waals surface area (Å²) in [7, 11) is 0. The Labute approximate surface area is 222 Å². The van der Waals surface area contributed by atoms with Crippen molar-refractivity contribution in [2.75, 3.05) is 0 Å². The van der Waals surface area contributed by atoms with Gasteiger partial charge in [-0.25, -0.2) is 0 Å². The first-order valence-electron chi connectivity index (χ1n) is 13.1. The first-order chi connectivity index (χ1) is 18.3. The third-order valence-corrected chi connectivity index (χ3v) is 7.69. The maximum Gasteiger partial charge on any atom is 0.268 e. The number of carbonyl (C=O) groups excluding carboxylic acids is 1. The number of fused-ring (bicyclic) bond motifs is 2. The lowest BCUT2D eigenvalue weighted by Crippen LogP contribution is -2.10. The highest BCUT2D eigenvalue weighted by Gasteiger charge is 2.44. The maximum atomic E-state index is 12.9. The van der Waals surface area contributed by atoms with Crippen LogP contribution < -0.4 is 0 Å². The molecule has 2 atom stereocenters. The highest BCUT2D eigenvalue weighted by Crippen LogP contribution is 2.49. The average molecular weight is 502 g/mol. The SMILES string of the molecule is CC(C)(C)c1ccc([C@H]2C[C@@H]2C(=O)N=Nc2c(O)n(Cc3cccc4ccccc34)c3ccccc23)cc1. The van der Waals surface area contributed by atoms with E-state index in [9.17, 15) is 9.90 Å². The molecule has 0 saturated heterocycles. The van der Waals surface area contributed by atoms with Crippen molar-refractivity contribution in [2.45, 2.75) is 45.1 Å². The highest BCUT2D eigenvalue weighted by molar-refractivity contribution is 5.96. The standard InChI is InChI=1S/C33H31N3O2/c1-33(2,3)24-17-15-22(16-18-24)27-19-28(27)31(37)35-34-30-26-13-6-7-14-29(26)36(32(30)38)20-23-11-8-10-21-9-4-5-12-25(21)23/h4-18,27-28,38H,19-20H2,1-3H3/t27-,28+/m1/s1. The van der Waals surface area contributed by atoms with Crippen molar-refractivity contribution in [1.29, 1.82) is 0 Å². The van der Waals surface area contributed by atoms with Gasteiger partial charge in [-0.2, -0.15) is 0 Å². The van der Waals surface area contributed by atoms with Gasteiger partial charge in [-0.3, -0.25) is 4.79 Å². The number of azo groups is 1. The Balaban J connectivity index is 1.26. The van der Waals surface area contributed by atoms with Crippen LogP contribution >= 0.6 is 0 Å². The van der Waals surface area contributed by atoms with Crippen molar-refractivity contribution in [1.82, 2.24) is 4.57 Å². The summed E-state index contributed by atoms with van der Waals surface area (Å²) in [5.74, 6) is -0.205. The number of aromatic nitrogens is 1. The van der Waals surface area contributed by atoms with Crippen LogP contribution in [0.5, 0.6) is 5.88 Å². The number of para-hydroxylation sites is 1. The molecule has 4 aromatic carbocycles. The molecule has 1 saturated carbocycles. The second-order valence-corrected chi connectivity index (χ2v) is 11.3. The average Bonchev–Trinajstić information content (AvgIpc) is 3.68. The molecular weight excluding hydrogens is 470 g/mol. The minimum absolute atomic E-state index is 0.0146. The predicted molar refractivity (Wildman–Crippen MR) is 152 cm³/mol. The lowest BCUT2D eigenvalue weighted by atomic mass is 9.86. The first-order valence-corrected chi connectivity index (χ1v) is 13.1. The van der Waals surface area contributed by atoms with Gasteiger partial charge in [0, 0.05) is 11.3 Å². The molecule has 1 heterocycles. The van der Waals surface area contributed by atoms with Gasteiger partial charge < -0.3 is 9.67 Å². The smallest absolute Gasteiger partial charge is 0.268 e. The summed E-state index contributed by atoms with van der Waals surface area (Å²) in [6.45, 7) is 7.06. The van der Waals surface area contributed by atoms with E-state index < -0.39 is 0 Å². The van der Waals surface area contributed by atoms with Gasteiger partial charge in [-0.1, -0.05) is 106 Å². The molecule has 0 unspecified atom stereocenters. The number of amides is 1. The van der Waals surface area contributed by atoms with E-state index in [0.29, 0.717) is 12.2 Å². The van der Waals surface area contributed by atoms with Crippen LogP contribution in [-0.2, 0) is 16.8 Å². The molecule has 5 heteroatoms. The van der Waals surface area contributed by atoms with Crippen LogP contribution in [0.15, 0.2) is 101 Å². The fourth-order valence-corrected chi connectivity index (χ4v) is 5.37. The fourth-order valence-electron chi connectivity index (χ4n) is 5.37. The lowest BCUT2D eigenvalue weighted by Gasteiger charge is -2.19. The summed E-state index contributed by atoms with van der Waals surface area (Å²) in [5.41, 5.74) is 4.82. The van der Waals surface area contributed by atoms with Gasteiger partial charge in [0.1, 0.15) is 0 Å². The second kappa shape index (κ2) is 9.25. The Bertz CT molecular complexity index is 1680. The van der Waals surface area contributed by atoms with Crippen LogP contribution in [0.3, 0.4) is 0 Å². The van der Waals surface area contributed by atoms with Crippen molar-refractivity contribution >= 4 is 33.3 Å². The summed E-state index contributed by atoms with van der Waals surface area (Å²) >= 11 is 0. The number of rotatable bonds is 5. The van der Waals surface area contributed by atoms with Crippen LogP contribution in [0.4, 0.5) is 5.69 Å². The number of aromatic hydroxyl groups is 1. The molecule has 0 radical (unpaired) electrons. The maximum absolute atomic E-state index is 12.9. The molecule has 5 nitrogen and oxygen atoms in total. The van der Waals surface area contributed by atoms with Crippen molar-refractivity contribution in [2.24, 2.45) is 16.1 Å². The van der Waals surface area contributed by atoms with Crippen molar-refractivity contribution in [3.63, 3.8) is 0 Å². The van der Waals surface area contributed by atoms with E-state index in [1.54, 1.807) is 0 Å². The molecule has 1 amide bonds. The second-order valence-electron chi connectivity index (χ2n) is 11.3. The Morgan fingerprint density at radius 1 is 0.895 bits per heavy atom. The topological polar surface area (TPSA) is 66.9 Å². The minimum Gasteiger partial charge on any atom is -0.493 e. The van der Waals surface area contributed by atoms with E-state index in [-0.39, 0.29) is 29.0 Å². The molecule has 1 aliphatic carbocycles. The summed E-state index contributed by atoms with van der Waals surface area (Å²) < 4.78 is 1.84. The van der Waals surface area contributed by atoms with E-state index in [1.165, 1.54) is 11.1 Å². The van der Waals surface area contributed by atoms with Crippen molar-refractivity contribution < 1.29 is 9.90 Å². The zero-order valence-electron chi connectivity index (χ0n) is 21.9. The van der Waals surface area contributed by atoms with Crippen LogP contribution in [0, 0.1) is 5.92 Å². The van der Waals surface area contributed by atoms with Crippen LogP contribution in [-0.4, -0.2) is 15.6 Å². The molecule has 5 aromatic rings. The van der Waals surface area contributed by atoms with Crippen molar-refractivity contribution in [3.05, 3.63) is 108 Å². The van der Waals surface area contributed by atoms with E-state index in [0.717, 1.165) is 33.7 Å². The molecule has 1 aromatic heterocycles. The number of hydrogen-bond acceptors (Lipinski definition) is 3. The van der Waals surface area contributed by atoms with Crippen LogP contribution in [0.1, 0.15) is 49.8 Å². The zero-order chi connectivity index (χ0) is 26.4. The predicted octanol–water partition coefficient (Wildman–Crippen LogP) is 8.26. The lowest BCUT2D eigenvalue weighted by molar-refractivity contribution is -0.119. The molecule has 1 fully saturated rings. The number of nitrogens with zero attached hydrogens (tertiary/aromatic N) is 3. The van der Waals surface area contributed by atoms with Gasteiger partial charge in [0.05, 0.1) is 12.1 Å². The Morgan fingerprint density at radius 2 is 1.58 bits per heavy atom. The normalized spacial score (nSPS) is 17.4. The van der Waals surface area contributed by atoms with Crippen LogP contribution in [0.2, 0.25) is 0 Å². The zero-order valence-corrected chi connectivity index (χ0v) is 21.9. The highest BCUT2D eigenvalue weighted by atomic mass is 16.3. The first kappa shape index (κ1) is 24.1. The molecule has 38 heavy (non-hydrogen) atoms. The number of carbonyl (C=O) groups is 1. The Hall–Kier alpha value is -4.25. The van der Waals surface area contributed by atoms with E-state index in [1.807, 2.05) is 47.0 Å². The van der Waals surface area contributed by atoms with Gasteiger partial charge in [0.25, 0.3) is 5.91 Å². The van der Waals surface area contributed by atoms with Gasteiger partial charge in [-0.05, 0) is 51.3 Å². The fraction of sp³-hybridized carbons (Fsp3) is 0.242. The molecule has 0 spiro atoms. The van der Waals surface area contributed by atoms with Crippen molar-refractivity contribution in [3.8, 4) is 5.88 Å². The van der Waals surface area contributed by atoms with Gasteiger partial charge in [0.2, 0.25) is 5.88 Å². The Morgan fingerprint density at radius 3 is 2.34 bits per heavy atom. The third kappa shape index (κ3) is 4.38. The molecule has 6 rings (SSSR count). The van der Waals surface area contributed by atoms with Gasteiger partial charge in [-0.15, -0.1) is 10.2 Å². The number of hydrogen-bond donors (Lipinski definition) is 1. The quantitative estimate of drug-likeness (QED) is 0.246. The van der Waals surface area contributed by atoms with E-state index >= 15 is 0 Å². The molecule has 190 valence electrons. The molecule has 0 bridgehead atoms. The largest absolute Gasteiger partial charge is 0.493 e. The Kier molecular flexibility index (Phi) is 5.87. The molecule has 1 N–H and O–H groups in total. The third-order valence-electron chi connectivity index (χ3n) is 7.69.